The molecule has 0 aliphatic heterocycles. The van der Waals surface area contributed by atoms with Gasteiger partial charge in [-0.1, -0.05) is 43.7 Å². The number of ether oxygens (including phenoxy) is 1. The van der Waals surface area contributed by atoms with E-state index >= 15 is 0 Å². The van der Waals surface area contributed by atoms with Gasteiger partial charge < -0.3 is 15.4 Å². The van der Waals surface area contributed by atoms with Crippen molar-refractivity contribution in [3.05, 3.63) is 60.2 Å². The Hall–Kier alpha value is -3.68. The zero-order valence-corrected chi connectivity index (χ0v) is 16.2. The van der Waals surface area contributed by atoms with Gasteiger partial charge in [-0.15, -0.1) is 0 Å². The van der Waals surface area contributed by atoms with Gasteiger partial charge in [-0.3, -0.25) is 14.4 Å². The minimum atomic E-state index is -0.831. The molecule has 2 aromatic carbocycles. The van der Waals surface area contributed by atoms with Gasteiger partial charge in [0, 0.05) is 12.2 Å². The fourth-order valence-electron chi connectivity index (χ4n) is 2.23. The first-order valence-corrected chi connectivity index (χ1v) is 9.27. The third kappa shape index (κ3) is 8.25. The molecule has 0 aliphatic rings. The van der Waals surface area contributed by atoms with Crippen LogP contribution in [0.4, 0.5) is 5.69 Å². The summed E-state index contributed by atoms with van der Waals surface area (Å²) in [5, 5.41) is 8.99. The fraction of sp³-hybridized carbons (Fsp3) is 0.238. The van der Waals surface area contributed by atoms with E-state index in [1.54, 1.807) is 36.4 Å². The Morgan fingerprint density at radius 3 is 2.59 bits per heavy atom. The molecule has 2 rings (SSSR count). The standard InChI is InChI=1S/C21H24N4O4/c1-2-3-12-22-20(27)21(28)25-23-14-16-8-7-11-18(13-16)29-15-19(26)24-17-9-5-4-6-10-17/h4-11,13-14H,2-3,12,15H2,1H3,(H,22,27)(H,24,26)(H,25,28)/b23-14-. The summed E-state index contributed by atoms with van der Waals surface area (Å²) in [5.74, 6) is -1.36. The molecule has 0 saturated carbocycles. The average molecular weight is 396 g/mol. The van der Waals surface area contributed by atoms with Crippen LogP contribution in [0.25, 0.3) is 0 Å². The predicted molar refractivity (Wildman–Crippen MR) is 111 cm³/mol. The molecule has 8 nitrogen and oxygen atoms in total. The van der Waals surface area contributed by atoms with Gasteiger partial charge in [0.1, 0.15) is 5.75 Å². The number of amides is 3. The van der Waals surface area contributed by atoms with Gasteiger partial charge in [-0.05, 0) is 36.2 Å². The largest absolute Gasteiger partial charge is 0.484 e. The van der Waals surface area contributed by atoms with Crippen LogP contribution in [-0.2, 0) is 14.4 Å². The van der Waals surface area contributed by atoms with Crippen LogP contribution in [0, 0.1) is 0 Å². The number of para-hydroxylation sites is 1. The third-order valence-electron chi connectivity index (χ3n) is 3.69. The van der Waals surface area contributed by atoms with Gasteiger partial charge >= 0.3 is 11.8 Å². The molecule has 0 radical (unpaired) electrons. The van der Waals surface area contributed by atoms with Crippen molar-refractivity contribution >= 4 is 29.6 Å². The monoisotopic (exact) mass is 396 g/mol. The molecule has 0 saturated heterocycles. The van der Waals surface area contributed by atoms with Gasteiger partial charge in [-0.25, -0.2) is 5.43 Å². The summed E-state index contributed by atoms with van der Waals surface area (Å²) in [5.41, 5.74) is 3.50. The van der Waals surface area contributed by atoms with E-state index in [-0.39, 0.29) is 12.5 Å². The number of rotatable bonds is 9. The van der Waals surface area contributed by atoms with Crippen molar-refractivity contribution in [1.29, 1.82) is 0 Å². The molecular weight excluding hydrogens is 372 g/mol. The summed E-state index contributed by atoms with van der Waals surface area (Å²) in [6.07, 6.45) is 3.11. The Morgan fingerprint density at radius 2 is 1.83 bits per heavy atom. The molecule has 0 heterocycles. The highest BCUT2D eigenvalue weighted by Gasteiger charge is 2.11. The van der Waals surface area contributed by atoms with E-state index in [1.807, 2.05) is 25.1 Å². The number of hydrazone groups is 1. The van der Waals surface area contributed by atoms with E-state index in [4.69, 9.17) is 4.74 Å². The molecule has 0 aromatic heterocycles. The van der Waals surface area contributed by atoms with Crippen LogP contribution in [0.15, 0.2) is 59.7 Å². The Kier molecular flexibility index (Phi) is 8.88. The van der Waals surface area contributed by atoms with Crippen LogP contribution >= 0.6 is 0 Å². The smallest absolute Gasteiger partial charge is 0.329 e. The van der Waals surface area contributed by atoms with Crippen molar-refractivity contribution in [3.8, 4) is 5.75 Å². The SMILES string of the molecule is CCCCNC(=O)C(=O)N/N=C\c1cccc(OCC(=O)Nc2ccccc2)c1. The number of carbonyl (C=O) groups excluding carboxylic acids is 3. The Morgan fingerprint density at radius 1 is 1.03 bits per heavy atom. The topological polar surface area (TPSA) is 109 Å². The first kappa shape index (κ1) is 21.6. The van der Waals surface area contributed by atoms with Crippen LogP contribution in [0.5, 0.6) is 5.75 Å². The highest BCUT2D eigenvalue weighted by atomic mass is 16.5. The number of carbonyl (C=O) groups is 3. The summed E-state index contributed by atoms with van der Waals surface area (Å²) in [6.45, 7) is 2.29. The third-order valence-corrected chi connectivity index (χ3v) is 3.69. The van der Waals surface area contributed by atoms with E-state index in [0.29, 0.717) is 23.5 Å². The molecule has 3 amide bonds. The second kappa shape index (κ2) is 11.9. The molecule has 0 fully saturated rings. The number of anilines is 1. The fourth-order valence-corrected chi connectivity index (χ4v) is 2.23. The number of benzene rings is 2. The lowest BCUT2D eigenvalue weighted by Crippen LogP contribution is -2.38. The minimum Gasteiger partial charge on any atom is -0.484 e. The van der Waals surface area contributed by atoms with E-state index in [9.17, 15) is 14.4 Å². The van der Waals surface area contributed by atoms with Crippen LogP contribution in [-0.4, -0.2) is 37.1 Å². The maximum Gasteiger partial charge on any atom is 0.329 e. The molecule has 2 aromatic rings. The average Bonchev–Trinajstić information content (AvgIpc) is 2.73. The van der Waals surface area contributed by atoms with Gasteiger partial charge in [0.25, 0.3) is 5.91 Å². The van der Waals surface area contributed by atoms with E-state index in [1.165, 1.54) is 6.21 Å². The van der Waals surface area contributed by atoms with Gasteiger partial charge in [0.15, 0.2) is 6.61 Å². The molecule has 3 N–H and O–H groups in total. The summed E-state index contributed by atoms with van der Waals surface area (Å²) >= 11 is 0. The molecular formula is C21H24N4O4. The first-order chi connectivity index (χ1) is 14.1. The molecule has 0 bridgehead atoms. The number of hydrogen-bond acceptors (Lipinski definition) is 5. The second-order valence-corrected chi connectivity index (χ2v) is 6.08. The zero-order valence-electron chi connectivity index (χ0n) is 16.2. The second-order valence-electron chi connectivity index (χ2n) is 6.08. The lowest BCUT2D eigenvalue weighted by atomic mass is 10.2. The number of nitrogens with one attached hydrogen (secondary N) is 3. The van der Waals surface area contributed by atoms with Crippen LogP contribution in [0.2, 0.25) is 0 Å². The summed E-state index contributed by atoms with van der Waals surface area (Å²) in [7, 11) is 0. The van der Waals surface area contributed by atoms with Gasteiger partial charge in [-0.2, -0.15) is 5.10 Å². The molecule has 0 unspecified atom stereocenters. The highest BCUT2D eigenvalue weighted by molar-refractivity contribution is 6.35. The predicted octanol–water partition coefficient (Wildman–Crippen LogP) is 2.07. The Bertz CT molecular complexity index is 853. The maximum atomic E-state index is 11.9. The van der Waals surface area contributed by atoms with Crippen molar-refractivity contribution in [2.45, 2.75) is 19.8 Å². The van der Waals surface area contributed by atoms with Crippen molar-refractivity contribution in [3.63, 3.8) is 0 Å². The quantitative estimate of drug-likeness (QED) is 0.261. The Labute approximate surface area is 169 Å². The molecule has 0 spiro atoms. The van der Waals surface area contributed by atoms with E-state index in [0.717, 1.165) is 12.8 Å². The van der Waals surface area contributed by atoms with Gasteiger partial charge in [0.2, 0.25) is 0 Å². The number of nitrogens with zero attached hydrogens (tertiary/aromatic N) is 1. The highest BCUT2D eigenvalue weighted by Crippen LogP contribution is 2.12. The summed E-state index contributed by atoms with van der Waals surface area (Å²) in [4.78, 5) is 35.1. The Balaban J connectivity index is 1.79. The molecule has 0 aliphatic carbocycles. The van der Waals surface area contributed by atoms with Crippen molar-refractivity contribution in [2.24, 2.45) is 5.10 Å². The van der Waals surface area contributed by atoms with Crippen molar-refractivity contribution < 1.29 is 19.1 Å². The van der Waals surface area contributed by atoms with Crippen LogP contribution in [0.3, 0.4) is 0 Å². The number of hydrogen-bond donors (Lipinski definition) is 3. The lowest BCUT2D eigenvalue weighted by Gasteiger charge is -2.08. The van der Waals surface area contributed by atoms with E-state index in [2.05, 4.69) is 21.2 Å². The maximum absolute atomic E-state index is 11.9. The van der Waals surface area contributed by atoms with Crippen molar-refractivity contribution in [1.82, 2.24) is 10.7 Å². The molecule has 0 atom stereocenters. The molecule has 152 valence electrons. The lowest BCUT2D eigenvalue weighted by molar-refractivity contribution is -0.139. The van der Waals surface area contributed by atoms with E-state index < -0.39 is 11.8 Å². The molecule has 29 heavy (non-hydrogen) atoms. The summed E-state index contributed by atoms with van der Waals surface area (Å²) < 4.78 is 5.48. The zero-order chi connectivity index (χ0) is 20.9. The molecule has 8 heteroatoms. The normalized spacial score (nSPS) is 10.4. The van der Waals surface area contributed by atoms with Crippen LogP contribution in [0.1, 0.15) is 25.3 Å². The minimum absolute atomic E-state index is 0.149. The van der Waals surface area contributed by atoms with Crippen molar-refractivity contribution in [2.75, 3.05) is 18.5 Å². The van der Waals surface area contributed by atoms with Crippen LogP contribution < -0.4 is 20.8 Å². The van der Waals surface area contributed by atoms with Gasteiger partial charge in [0.05, 0.1) is 6.21 Å². The number of unbranched alkanes of at least 4 members (excludes halogenated alkanes) is 1. The first-order valence-electron chi connectivity index (χ1n) is 9.27. The summed E-state index contributed by atoms with van der Waals surface area (Å²) in [6, 6.07) is 15.9.